The highest BCUT2D eigenvalue weighted by Gasteiger charge is 2.39. The predicted octanol–water partition coefficient (Wildman–Crippen LogP) is 2.73. The maximum absolute atomic E-state index is 12.8. The summed E-state index contributed by atoms with van der Waals surface area (Å²) in [4.78, 5) is 12.8. The summed E-state index contributed by atoms with van der Waals surface area (Å²) in [7, 11) is -3.65. The van der Waals surface area contributed by atoms with Crippen LogP contribution in [0.3, 0.4) is 0 Å². The van der Waals surface area contributed by atoms with Gasteiger partial charge < -0.3 is 5.32 Å². The minimum Gasteiger partial charge on any atom is -0.325 e. The summed E-state index contributed by atoms with van der Waals surface area (Å²) in [6.07, 6.45) is 4.66. The molecule has 1 amide bonds. The van der Waals surface area contributed by atoms with Crippen molar-refractivity contribution < 1.29 is 13.2 Å². The molecular weight excluding hydrogens is 384 g/mol. The summed E-state index contributed by atoms with van der Waals surface area (Å²) in [5.41, 5.74) is 1.42. The Morgan fingerprint density at radius 3 is 2.85 bits per heavy atom. The summed E-state index contributed by atoms with van der Waals surface area (Å²) in [6, 6.07) is 11.7. The lowest BCUT2D eigenvalue weighted by molar-refractivity contribution is -0.119. The van der Waals surface area contributed by atoms with Gasteiger partial charge in [-0.3, -0.25) is 4.79 Å². The molecule has 0 bridgehead atoms. The smallest absolute Gasteiger partial charge is 0.253 e. The van der Waals surface area contributed by atoms with E-state index in [0.717, 1.165) is 17.0 Å². The lowest BCUT2D eigenvalue weighted by atomic mass is 10.2. The number of nitrogens with one attached hydrogen (secondary N) is 1. The molecule has 9 heteroatoms. The topological polar surface area (TPSA) is 84.3 Å². The normalized spacial score (nSPS) is 17.9. The highest BCUT2D eigenvalue weighted by molar-refractivity contribution is 7.91. The third-order valence-corrected chi connectivity index (χ3v) is 7.73. The Morgan fingerprint density at radius 1 is 1.22 bits per heavy atom. The number of nitrogens with zero attached hydrogens (tertiary/aromatic N) is 3. The first-order valence-corrected chi connectivity index (χ1v) is 10.8. The molecular formula is C18H18N4O3S2. The highest BCUT2D eigenvalue weighted by Crippen LogP contribution is 2.29. The molecule has 0 unspecified atom stereocenters. The first-order chi connectivity index (χ1) is 13.1. The van der Waals surface area contributed by atoms with Crippen molar-refractivity contribution in [2.24, 2.45) is 0 Å². The molecule has 3 heterocycles. The van der Waals surface area contributed by atoms with Crippen LogP contribution in [0.2, 0.25) is 0 Å². The fraction of sp³-hybridized carbons (Fsp3) is 0.222. The van der Waals surface area contributed by atoms with Crippen LogP contribution in [0.25, 0.3) is 5.69 Å². The zero-order chi connectivity index (χ0) is 18.9. The molecule has 1 aliphatic rings. The van der Waals surface area contributed by atoms with Crippen molar-refractivity contribution in [1.82, 2.24) is 14.1 Å². The van der Waals surface area contributed by atoms with Gasteiger partial charge in [0.15, 0.2) is 0 Å². The quantitative estimate of drug-likeness (QED) is 0.711. The lowest BCUT2D eigenvalue weighted by Gasteiger charge is -2.22. The van der Waals surface area contributed by atoms with Crippen LogP contribution in [0, 0.1) is 0 Å². The molecule has 0 aliphatic carbocycles. The zero-order valence-electron chi connectivity index (χ0n) is 14.4. The number of rotatable bonds is 5. The Bertz CT molecular complexity index is 1030. The lowest BCUT2D eigenvalue weighted by Crippen LogP contribution is -2.42. The van der Waals surface area contributed by atoms with E-state index in [0.29, 0.717) is 25.1 Å². The van der Waals surface area contributed by atoms with E-state index in [1.807, 2.05) is 24.4 Å². The van der Waals surface area contributed by atoms with Crippen LogP contribution in [0.15, 0.2) is 64.4 Å². The fourth-order valence-corrected chi connectivity index (χ4v) is 5.96. The highest BCUT2D eigenvalue weighted by atomic mass is 32.2. The predicted molar refractivity (Wildman–Crippen MR) is 103 cm³/mol. The van der Waals surface area contributed by atoms with E-state index in [1.54, 1.807) is 40.5 Å². The molecule has 7 nitrogen and oxygen atoms in total. The van der Waals surface area contributed by atoms with E-state index in [9.17, 15) is 13.2 Å². The summed E-state index contributed by atoms with van der Waals surface area (Å²) >= 11 is 1.16. The second-order valence-electron chi connectivity index (χ2n) is 6.20. The molecule has 1 N–H and O–H groups in total. The molecule has 4 rings (SSSR count). The monoisotopic (exact) mass is 402 g/mol. The molecule has 1 atom stereocenters. The van der Waals surface area contributed by atoms with Crippen molar-refractivity contribution in [1.29, 1.82) is 0 Å². The first-order valence-electron chi connectivity index (χ1n) is 8.52. The van der Waals surface area contributed by atoms with Crippen molar-refractivity contribution in [2.75, 3.05) is 11.9 Å². The summed E-state index contributed by atoms with van der Waals surface area (Å²) < 4.78 is 28.9. The van der Waals surface area contributed by atoms with Gasteiger partial charge in [0.1, 0.15) is 10.3 Å². The number of sulfonamides is 1. The van der Waals surface area contributed by atoms with Gasteiger partial charge in [0.2, 0.25) is 5.91 Å². The number of thiophene rings is 1. The van der Waals surface area contributed by atoms with Gasteiger partial charge in [-0.1, -0.05) is 12.1 Å². The van der Waals surface area contributed by atoms with Gasteiger partial charge >= 0.3 is 0 Å². The van der Waals surface area contributed by atoms with Crippen molar-refractivity contribution in [2.45, 2.75) is 23.1 Å². The molecule has 0 radical (unpaired) electrons. The second kappa shape index (κ2) is 7.26. The van der Waals surface area contributed by atoms with Gasteiger partial charge in [-0.15, -0.1) is 11.3 Å². The zero-order valence-corrected chi connectivity index (χ0v) is 16.0. The Balaban J connectivity index is 1.54. The van der Waals surface area contributed by atoms with Crippen LogP contribution in [0.4, 0.5) is 5.69 Å². The van der Waals surface area contributed by atoms with Gasteiger partial charge in [0.05, 0.1) is 5.69 Å². The molecule has 1 aliphatic heterocycles. The van der Waals surface area contributed by atoms with E-state index in [4.69, 9.17) is 0 Å². The van der Waals surface area contributed by atoms with E-state index in [1.165, 1.54) is 4.31 Å². The van der Waals surface area contributed by atoms with Crippen LogP contribution >= 0.6 is 11.3 Å². The molecule has 27 heavy (non-hydrogen) atoms. The Kier molecular flexibility index (Phi) is 4.81. The number of hydrogen-bond acceptors (Lipinski definition) is 5. The van der Waals surface area contributed by atoms with Gasteiger partial charge in [-0.2, -0.15) is 9.40 Å². The van der Waals surface area contributed by atoms with Crippen LogP contribution in [-0.4, -0.2) is 41.0 Å². The second-order valence-corrected chi connectivity index (χ2v) is 9.26. The maximum atomic E-state index is 12.8. The third-order valence-electron chi connectivity index (χ3n) is 4.45. The fourth-order valence-electron chi connectivity index (χ4n) is 3.19. The van der Waals surface area contributed by atoms with Crippen LogP contribution in [0.1, 0.15) is 12.8 Å². The standard InChI is InChI=1S/C18H18N4O3S2/c23-18(20-14-5-1-6-15(13-14)21-10-4-9-19-21)16-7-2-11-22(16)27(24,25)17-8-3-12-26-17/h1,3-6,8-10,12-13,16H,2,7,11H2,(H,20,23)/t16-/m0/s1. The van der Waals surface area contributed by atoms with E-state index < -0.39 is 16.1 Å². The van der Waals surface area contributed by atoms with Crippen molar-refractivity contribution in [3.63, 3.8) is 0 Å². The number of anilines is 1. The largest absolute Gasteiger partial charge is 0.325 e. The molecule has 1 fully saturated rings. The summed E-state index contributed by atoms with van der Waals surface area (Å²) in [6.45, 7) is 0.353. The molecule has 2 aromatic heterocycles. The average Bonchev–Trinajstić information content (AvgIpc) is 3.44. The van der Waals surface area contributed by atoms with E-state index in [-0.39, 0.29) is 10.1 Å². The van der Waals surface area contributed by atoms with Crippen LogP contribution in [0.5, 0.6) is 0 Å². The maximum Gasteiger partial charge on any atom is 0.253 e. The molecule has 1 saturated heterocycles. The van der Waals surface area contributed by atoms with Crippen LogP contribution in [-0.2, 0) is 14.8 Å². The van der Waals surface area contributed by atoms with Crippen LogP contribution < -0.4 is 5.32 Å². The Labute approximate surface area is 161 Å². The number of hydrogen-bond donors (Lipinski definition) is 1. The Hall–Kier alpha value is -2.49. The summed E-state index contributed by atoms with van der Waals surface area (Å²) in [5.74, 6) is -0.315. The molecule has 0 spiro atoms. The molecule has 140 valence electrons. The molecule has 3 aromatic rings. The van der Waals surface area contributed by atoms with E-state index >= 15 is 0 Å². The van der Waals surface area contributed by atoms with Crippen molar-refractivity contribution in [3.05, 3.63) is 60.2 Å². The average molecular weight is 403 g/mol. The number of aromatic nitrogens is 2. The molecule has 1 aromatic carbocycles. The third kappa shape index (κ3) is 3.53. The first kappa shape index (κ1) is 17.9. The van der Waals surface area contributed by atoms with Gasteiger partial charge in [-0.05, 0) is 48.6 Å². The van der Waals surface area contributed by atoms with Crippen molar-refractivity contribution >= 4 is 33.0 Å². The number of benzene rings is 1. The number of carbonyl (C=O) groups excluding carboxylic acids is 1. The number of amides is 1. The summed E-state index contributed by atoms with van der Waals surface area (Å²) in [5, 5.41) is 8.75. The minimum atomic E-state index is -3.65. The van der Waals surface area contributed by atoms with Gasteiger partial charge in [0.25, 0.3) is 10.0 Å². The Morgan fingerprint density at radius 2 is 2.11 bits per heavy atom. The molecule has 0 saturated carbocycles. The van der Waals surface area contributed by atoms with Crippen molar-refractivity contribution in [3.8, 4) is 5.69 Å². The van der Waals surface area contributed by atoms with Gasteiger partial charge in [-0.25, -0.2) is 13.1 Å². The van der Waals surface area contributed by atoms with Gasteiger partial charge in [0, 0.05) is 24.6 Å². The SMILES string of the molecule is O=C(Nc1cccc(-n2cccn2)c1)[C@@H]1CCCN1S(=O)(=O)c1cccs1. The number of carbonyl (C=O) groups is 1. The van der Waals surface area contributed by atoms with E-state index in [2.05, 4.69) is 10.4 Å². The minimum absolute atomic E-state index is 0.267.